The molecule has 0 aromatic heterocycles. The van der Waals surface area contributed by atoms with Gasteiger partial charge in [0, 0.05) is 42.9 Å². The van der Waals surface area contributed by atoms with Crippen LogP contribution in [-0.4, -0.2) is 55.7 Å². The molecule has 2 aliphatic heterocycles. The van der Waals surface area contributed by atoms with Crippen molar-refractivity contribution in [1.82, 2.24) is 4.90 Å². The van der Waals surface area contributed by atoms with E-state index in [1.54, 1.807) is 29.2 Å². The van der Waals surface area contributed by atoms with Gasteiger partial charge in [0.05, 0.1) is 5.69 Å². The van der Waals surface area contributed by atoms with Crippen LogP contribution >= 0.6 is 50.7 Å². The van der Waals surface area contributed by atoms with Crippen molar-refractivity contribution in [3.8, 4) is 0 Å². The minimum atomic E-state index is -3.66. The van der Waals surface area contributed by atoms with E-state index in [9.17, 15) is 13.2 Å². The molecule has 11 heteroatoms. The van der Waals surface area contributed by atoms with E-state index in [0.717, 1.165) is 11.3 Å². The van der Waals surface area contributed by atoms with Crippen molar-refractivity contribution >= 4 is 78.0 Å². The number of alkyl halides is 3. The van der Waals surface area contributed by atoms with E-state index < -0.39 is 19.7 Å². The smallest absolute Gasteiger partial charge is 0.274 e. The maximum absolute atomic E-state index is 13.2. The number of hydrogen-bond acceptors (Lipinski definition) is 4. The molecular weight excluding hydrogens is 549 g/mol. The maximum Gasteiger partial charge on any atom is 0.274 e. The van der Waals surface area contributed by atoms with Gasteiger partial charge in [-0.3, -0.25) is 9.10 Å². The summed E-state index contributed by atoms with van der Waals surface area (Å²) in [4.78, 5) is 16.1. The van der Waals surface area contributed by atoms with Crippen molar-refractivity contribution in [2.75, 3.05) is 41.9 Å². The molecule has 166 valence electrons. The largest absolute Gasteiger partial charge is 0.368 e. The number of fused-ring (bicyclic) bond motifs is 1. The van der Waals surface area contributed by atoms with Gasteiger partial charge in [0.15, 0.2) is 0 Å². The van der Waals surface area contributed by atoms with E-state index in [-0.39, 0.29) is 4.90 Å². The number of sulfonamides is 1. The average Bonchev–Trinajstić information content (AvgIpc) is 3.17. The second-order valence-corrected chi connectivity index (χ2v) is 12.3. The lowest BCUT2D eigenvalue weighted by Gasteiger charge is -2.37. The Morgan fingerprint density at radius 1 is 0.968 bits per heavy atom. The standard InChI is InChI=1S/C20H19BrCl3N3O3S/c21-16-3-1-2-4-18(16)31(29,30)27-8-7-14-13-15(5-6-17(14)27)25-9-11-26(12-10-25)19(28)20(22,23)24/h1-6,13H,7-12H2. The fraction of sp³-hybridized carbons (Fsp3) is 0.350. The number of amides is 1. The molecule has 4 rings (SSSR count). The zero-order valence-electron chi connectivity index (χ0n) is 16.3. The number of anilines is 2. The van der Waals surface area contributed by atoms with Gasteiger partial charge in [-0.1, -0.05) is 46.9 Å². The number of carbonyl (C=O) groups is 1. The zero-order chi connectivity index (χ0) is 22.4. The number of carbonyl (C=O) groups excluding carboxylic acids is 1. The average molecular weight is 568 g/mol. The van der Waals surface area contributed by atoms with Crippen LogP contribution < -0.4 is 9.21 Å². The molecule has 0 N–H and O–H groups in total. The molecule has 0 bridgehead atoms. The highest BCUT2D eigenvalue weighted by molar-refractivity contribution is 9.10. The van der Waals surface area contributed by atoms with Crippen molar-refractivity contribution in [3.05, 3.63) is 52.5 Å². The summed E-state index contributed by atoms with van der Waals surface area (Å²) in [5.41, 5.74) is 2.66. The van der Waals surface area contributed by atoms with E-state index in [4.69, 9.17) is 34.8 Å². The van der Waals surface area contributed by atoms with Crippen LogP contribution in [0.1, 0.15) is 5.56 Å². The first kappa shape index (κ1) is 23.0. The fourth-order valence-corrected chi connectivity index (χ4v) is 6.75. The molecule has 2 aromatic rings. The first-order valence-corrected chi connectivity index (χ1v) is 13.0. The summed E-state index contributed by atoms with van der Waals surface area (Å²) in [6.07, 6.45) is 0.637. The van der Waals surface area contributed by atoms with Crippen LogP contribution in [0.2, 0.25) is 0 Å². The Kier molecular flexibility index (Phi) is 6.40. The molecule has 0 unspecified atom stereocenters. The normalized spacial score (nSPS) is 17.1. The molecule has 1 saturated heterocycles. The van der Waals surface area contributed by atoms with Gasteiger partial charge in [0.2, 0.25) is 0 Å². The van der Waals surface area contributed by atoms with Crippen LogP contribution in [0.5, 0.6) is 0 Å². The molecule has 0 saturated carbocycles. The Morgan fingerprint density at radius 3 is 2.29 bits per heavy atom. The minimum absolute atomic E-state index is 0.252. The number of halogens is 4. The van der Waals surface area contributed by atoms with Crippen molar-refractivity contribution in [3.63, 3.8) is 0 Å². The van der Waals surface area contributed by atoms with Crippen molar-refractivity contribution in [2.45, 2.75) is 15.1 Å². The summed E-state index contributed by atoms with van der Waals surface area (Å²) in [6.45, 7) is 2.50. The summed E-state index contributed by atoms with van der Waals surface area (Å²) in [5, 5.41) is 0. The lowest BCUT2D eigenvalue weighted by Crippen LogP contribution is -2.51. The summed E-state index contributed by atoms with van der Waals surface area (Å²) in [6, 6.07) is 12.6. The Hall–Kier alpha value is -1.19. The predicted octanol–water partition coefficient (Wildman–Crippen LogP) is 4.22. The van der Waals surface area contributed by atoms with Crippen LogP contribution in [0.25, 0.3) is 0 Å². The van der Waals surface area contributed by atoms with Gasteiger partial charge in [-0.05, 0) is 58.2 Å². The number of benzene rings is 2. The van der Waals surface area contributed by atoms with Gasteiger partial charge < -0.3 is 9.80 Å². The van der Waals surface area contributed by atoms with Crippen molar-refractivity contribution in [1.29, 1.82) is 0 Å². The van der Waals surface area contributed by atoms with Crippen LogP contribution in [-0.2, 0) is 21.2 Å². The van der Waals surface area contributed by atoms with Crippen LogP contribution in [0, 0.1) is 0 Å². The highest BCUT2D eigenvalue weighted by Crippen LogP contribution is 2.37. The second kappa shape index (κ2) is 8.63. The molecule has 2 heterocycles. The molecule has 0 radical (unpaired) electrons. The highest BCUT2D eigenvalue weighted by atomic mass is 79.9. The molecule has 2 aliphatic rings. The maximum atomic E-state index is 13.2. The summed E-state index contributed by atoms with van der Waals surface area (Å²) in [5.74, 6) is -0.515. The van der Waals surface area contributed by atoms with Gasteiger partial charge in [-0.2, -0.15) is 0 Å². The number of nitrogens with zero attached hydrogens (tertiary/aromatic N) is 3. The van der Waals surface area contributed by atoms with Gasteiger partial charge >= 0.3 is 0 Å². The Morgan fingerprint density at radius 2 is 1.65 bits per heavy atom. The third kappa shape index (κ3) is 4.50. The Bertz CT molecular complexity index is 1120. The zero-order valence-corrected chi connectivity index (χ0v) is 20.9. The Labute approximate surface area is 204 Å². The molecule has 31 heavy (non-hydrogen) atoms. The second-order valence-electron chi connectivity index (χ2n) is 7.35. The van der Waals surface area contributed by atoms with Gasteiger partial charge in [-0.15, -0.1) is 0 Å². The van der Waals surface area contributed by atoms with Gasteiger partial charge in [0.1, 0.15) is 4.90 Å². The number of piperazine rings is 1. The first-order valence-electron chi connectivity index (χ1n) is 9.60. The van der Waals surface area contributed by atoms with Gasteiger partial charge in [0.25, 0.3) is 19.7 Å². The summed E-state index contributed by atoms with van der Waals surface area (Å²) < 4.78 is 26.5. The fourth-order valence-electron chi connectivity index (χ4n) is 3.92. The molecule has 0 atom stereocenters. The first-order chi connectivity index (χ1) is 14.6. The number of hydrogen-bond donors (Lipinski definition) is 0. The van der Waals surface area contributed by atoms with E-state index >= 15 is 0 Å². The third-order valence-electron chi connectivity index (χ3n) is 5.50. The monoisotopic (exact) mass is 565 g/mol. The number of rotatable bonds is 3. The quantitative estimate of drug-likeness (QED) is 0.522. The highest BCUT2D eigenvalue weighted by Gasteiger charge is 2.37. The van der Waals surface area contributed by atoms with E-state index in [1.807, 2.05) is 18.2 Å². The predicted molar refractivity (Wildman–Crippen MR) is 128 cm³/mol. The van der Waals surface area contributed by atoms with E-state index in [1.165, 1.54) is 4.31 Å². The molecule has 0 spiro atoms. The topological polar surface area (TPSA) is 60.9 Å². The molecular formula is C20H19BrCl3N3O3S. The molecule has 2 aromatic carbocycles. The van der Waals surface area contributed by atoms with Crippen LogP contribution in [0.3, 0.4) is 0 Å². The summed E-state index contributed by atoms with van der Waals surface area (Å²) >= 11 is 20.5. The Balaban J connectivity index is 1.51. The van der Waals surface area contributed by atoms with E-state index in [2.05, 4.69) is 20.8 Å². The third-order valence-corrected chi connectivity index (χ3v) is 8.81. The molecule has 6 nitrogen and oxygen atoms in total. The van der Waals surface area contributed by atoms with Crippen LogP contribution in [0.4, 0.5) is 11.4 Å². The molecule has 1 fully saturated rings. The van der Waals surface area contributed by atoms with Crippen LogP contribution in [0.15, 0.2) is 51.8 Å². The lowest BCUT2D eigenvalue weighted by atomic mass is 10.1. The lowest BCUT2D eigenvalue weighted by molar-refractivity contribution is -0.130. The minimum Gasteiger partial charge on any atom is -0.368 e. The summed E-state index contributed by atoms with van der Waals surface area (Å²) in [7, 11) is -3.66. The van der Waals surface area contributed by atoms with Gasteiger partial charge in [-0.25, -0.2) is 8.42 Å². The van der Waals surface area contributed by atoms with E-state index in [0.29, 0.717) is 49.3 Å². The van der Waals surface area contributed by atoms with Crippen molar-refractivity contribution < 1.29 is 13.2 Å². The molecule has 0 aliphatic carbocycles. The molecule has 1 amide bonds. The van der Waals surface area contributed by atoms with Crippen molar-refractivity contribution in [2.24, 2.45) is 0 Å². The SMILES string of the molecule is O=C(N1CCN(c2ccc3c(c2)CCN3S(=O)(=O)c2ccccc2Br)CC1)C(Cl)(Cl)Cl.